The van der Waals surface area contributed by atoms with Crippen LogP contribution in [0.25, 0.3) is 17.2 Å². The zero-order valence-electron chi connectivity index (χ0n) is 15.0. The first-order valence-corrected chi connectivity index (χ1v) is 10.4. The van der Waals surface area contributed by atoms with Crippen molar-refractivity contribution >= 4 is 21.5 Å². The van der Waals surface area contributed by atoms with Crippen LogP contribution < -0.4 is 10.0 Å². The van der Waals surface area contributed by atoms with Gasteiger partial charge in [-0.1, -0.05) is 0 Å². The van der Waals surface area contributed by atoms with Gasteiger partial charge in [0.2, 0.25) is 10.0 Å². The van der Waals surface area contributed by atoms with Crippen LogP contribution in [0.2, 0.25) is 0 Å². The highest BCUT2D eigenvalue weighted by molar-refractivity contribution is 7.89. The van der Waals surface area contributed by atoms with Crippen LogP contribution in [0, 0.1) is 0 Å². The van der Waals surface area contributed by atoms with Crippen molar-refractivity contribution in [3.8, 4) is 11.5 Å². The fourth-order valence-corrected chi connectivity index (χ4v) is 4.26. The topological polar surface area (TPSA) is 106 Å². The van der Waals surface area contributed by atoms with Crippen LogP contribution >= 0.6 is 0 Å². The van der Waals surface area contributed by atoms with Crippen molar-refractivity contribution in [3.05, 3.63) is 42.4 Å². The number of hydrogen-bond acceptors (Lipinski definition) is 6. The van der Waals surface area contributed by atoms with Gasteiger partial charge in [-0.3, -0.25) is 4.40 Å². The molecule has 3 aromatic heterocycles. The van der Waals surface area contributed by atoms with Gasteiger partial charge in [0.05, 0.1) is 17.0 Å². The van der Waals surface area contributed by atoms with Gasteiger partial charge < -0.3 is 4.90 Å². The van der Waals surface area contributed by atoms with Crippen molar-refractivity contribution in [3.63, 3.8) is 0 Å². The Morgan fingerprint density at radius 2 is 1.97 bits per heavy atom. The fourth-order valence-electron chi connectivity index (χ4n) is 3.38. The second-order valence-electron chi connectivity index (χ2n) is 6.82. The number of sulfonamides is 1. The summed E-state index contributed by atoms with van der Waals surface area (Å²) < 4.78 is 63.9. The van der Waals surface area contributed by atoms with E-state index in [1.807, 2.05) is 0 Å². The average molecular weight is 426 g/mol. The minimum Gasteiger partial charge on any atom is -0.355 e. The zero-order chi connectivity index (χ0) is 20.8. The summed E-state index contributed by atoms with van der Waals surface area (Å²) in [5.74, 6) is 0.664. The summed E-state index contributed by atoms with van der Waals surface area (Å²) in [6.07, 6.45) is 0.440. The van der Waals surface area contributed by atoms with Gasteiger partial charge in [0, 0.05) is 25.5 Å². The first-order chi connectivity index (χ1) is 13.6. The number of nitrogens with zero attached hydrogens (tertiary/aromatic N) is 5. The number of anilines is 1. The molecule has 8 nitrogen and oxygen atoms in total. The number of imidazole rings is 1. The molecule has 1 saturated heterocycles. The van der Waals surface area contributed by atoms with Crippen LogP contribution in [0.5, 0.6) is 0 Å². The van der Waals surface area contributed by atoms with E-state index in [1.165, 1.54) is 22.9 Å². The molecule has 1 atom stereocenters. The third kappa shape index (κ3) is 3.90. The summed E-state index contributed by atoms with van der Waals surface area (Å²) in [7, 11) is -3.67. The number of nitrogens with two attached hydrogens (primary N) is 1. The maximum Gasteiger partial charge on any atom is 0.417 e. The summed E-state index contributed by atoms with van der Waals surface area (Å²) >= 11 is 0. The molecule has 0 spiro atoms. The fraction of sp³-hybridized carbons (Fsp3) is 0.353. The third-order valence-electron chi connectivity index (χ3n) is 4.87. The van der Waals surface area contributed by atoms with Crippen LogP contribution in [0.4, 0.5) is 19.0 Å². The molecule has 1 fully saturated rings. The molecule has 0 bridgehead atoms. The number of halogens is 3. The van der Waals surface area contributed by atoms with Crippen LogP contribution in [0.1, 0.15) is 18.4 Å². The standard InChI is InChI=1S/C17H17F3N6O2S/c18-17(19,20)11-3-4-14-23-8-13(26(14)9-11)16-22-6-5-15(24-16)25-7-1-2-12(10-25)29(21,27)28/h3-6,8-9,12H,1-2,7,10H2,(H2,21,27,28). The maximum atomic E-state index is 13.1. The maximum absolute atomic E-state index is 13.1. The van der Waals surface area contributed by atoms with Gasteiger partial charge in [0.1, 0.15) is 17.2 Å². The van der Waals surface area contributed by atoms with E-state index in [9.17, 15) is 21.6 Å². The minimum atomic E-state index is -4.49. The Labute approximate surface area is 164 Å². The quantitative estimate of drug-likeness (QED) is 0.687. The molecular formula is C17H17F3N6O2S. The highest BCUT2D eigenvalue weighted by Gasteiger charge is 2.31. The number of aromatic nitrogens is 4. The molecule has 154 valence electrons. The lowest BCUT2D eigenvalue weighted by molar-refractivity contribution is -0.137. The number of fused-ring (bicyclic) bond motifs is 1. The predicted octanol–water partition coefficient (Wildman–Crippen LogP) is 2.07. The molecule has 1 aliphatic rings. The van der Waals surface area contributed by atoms with Gasteiger partial charge in [0.25, 0.3) is 0 Å². The van der Waals surface area contributed by atoms with E-state index in [0.29, 0.717) is 36.5 Å². The Morgan fingerprint density at radius 3 is 2.69 bits per heavy atom. The van der Waals surface area contributed by atoms with Crippen molar-refractivity contribution in [1.82, 2.24) is 19.4 Å². The summed E-state index contributed by atoms with van der Waals surface area (Å²) in [5, 5.41) is 4.58. The second-order valence-corrected chi connectivity index (χ2v) is 8.67. The zero-order valence-corrected chi connectivity index (χ0v) is 15.9. The third-order valence-corrected chi connectivity index (χ3v) is 6.18. The Balaban J connectivity index is 1.71. The minimum absolute atomic E-state index is 0.187. The number of piperidine rings is 1. The molecule has 0 amide bonds. The molecule has 4 rings (SSSR count). The number of primary sulfonamides is 1. The molecule has 2 N–H and O–H groups in total. The van der Waals surface area contributed by atoms with E-state index in [4.69, 9.17) is 5.14 Å². The van der Waals surface area contributed by atoms with Gasteiger partial charge >= 0.3 is 6.18 Å². The van der Waals surface area contributed by atoms with E-state index >= 15 is 0 Å². The van der Waals surface area contributed by atoms with E-state index in [0.717, 1.165) is 12.3 Å². The highest BCUT2D eigenvalue weighted by Crippen LogP contribution is 2.30. The molecule has 12 heteroatoms. The van der Waals surface area contributed by atoms with Gasteiger partial charge in [-0.25, -0.2) is 28.5 Å². The van der Waals surface area contributed by atoms with Crippen LogP contribution in [0.15, 0.2) is 36.8 Å². The molecule has 29 heavy (non-hydrogen) atoms. The SMILES string of the molecule is NS(=O)(=O)C1CCCN(c2ccnc(-c3cnc4ccc(C(F)(F)F)cn34)n2)C1. The second kappa shape index (κ2) is 6.95. The summed E-state index contributed by atoms with van der Waals surface area (Å²) in [6, 6.07) is 3.86. The lowest BCUT2D eigenvalue weighted by Crippen LogP contribution is -2.45. The number of alkyl halides is 3. The molecular weight excluding hydrogens is 409 g/mol. The number of rotatable bonds is 3. The Morgan fingerprint density at radius 1 is 1.17 bits per heavy atom. The van der Waals surface area contributed by atoms with Gasteiger partial charge in [-0.05, 0) is 31.0 Å². The van der Waals surface area contributed by atoms with E-state index in [1.54, 1.807) is 11.0 Å². The van der Waals surface area contributed by atoms with Gasteiger partial charge in [-0.15, -0.1) is 0 Å². The van der Waals surface area contributed by atoms with Crippen molar-refractivity contribution in [2.75, 3.05) is 18.0 Å². The summed E-state index contributed by atoms with van der Waals surface area (Å²) in [6.45, 7) is 0.786. The Kier molecular flexibility index (Phi) is 4.69. The number of hydrogen-bond donors (Lipinski definition) is 1. The molecule has 1 unspecified atom stereocenters. The lowest BCUT2D eigenvalue weighted by atomic mass is 10.1. The van der Waals surface area contributed by atoms with E-state index in [2.05, 4.69) is 15.0 Å². The first-order valence-electron chi connectivity index (χ1n) is 8.77. The molecule has 4 heterocycles. The van der Waals surface area contributed by atoms with Crippen molar-refractivity contribution in [2.45, 2.75) is 24.3 Å². The van der Waals surface area contributed by atoms with Gasteiger partial charge in [0.15, 0.2) is 5.82 Å². The van der Waals surface area contributed by atoms with Crippen LogP contribution in [0.3, 0.4) is 0 Å². The first kappa shape index (κ1) is 19.6. The Bertz CT molecular complexity index is 1160. The lowest BCUT2D eigenvalue weighted by Gasteiger charge is -2.32. The van der Waals surface area contributed by atoms with Crippen molar-refractivity contribution in [2.24, 2.45) is 5.14 Å². The number of pyridine rings is 1. The molecule has 0 radical (unpaired) electrons. The Hall–Kier alpha value is -2.73. The van der Waals surface area contributed by atoms with Crippen LogP contribution in [-0.2, 0) is 16.2 Å². The molecule has 0 aliphatic carbocycles. The van der Waals surface area contributed by atoms with Crippen molar-refractivity contribution < 1.29 is 21.6 Å². The van der Waals surface area contributed by atoms with Crippen molar-refractivity contribution in [1.29, 1.82) is 0 Å². The normalized spacial score (nSPS) is 18.3. The van der Waals surface area contributed by atoms with Gasteiger partial charge in [-0.2, -0.15) is 13.2 Å². The smallest absolute Gasteiger partial charge is 0.355 e. The van der Waals surface area contributed by atoms with Crippen LogP contribution in [-0.4, -0.2) is 46.1 Å². The highest BCUT2D eigenvalue weighted by atomic mass is 32.2. The molecule has 0 aromatic carbocycles. The molecule has 0 saturated carbocycles. The van der Waals surface area contributed by atoms with E-state index in [-0.39, 0.29) is 12.4 Å². The largest absolute Gasteiger partial charge is 0.417 e. The predicted molar refractivity (Wildman–Crippen MR) is 99.6 cm³/mol. The van der Waals surface area contributed by atoms with E-state index < -0.39 is 27.0 Å². The summed E-state index contributed by atoms with van der Waals surface area (Å²) in [4.78, 5) is 14.5. The molecule has 3 aromatic rings. The molecule has 1 aliphatic heterocycles. The average Bonchev–Trinajstić information content (AvgIpc) is 3.10. The monoisotopic (exact) mass is 426 g/mol. The summed E-state index contributed by atoms with van der Waals surface area (Å²) in [5.41, 5.74) is -0.186.